The quantitative estimate of drug-likeness (QED) is 0.695. The monoisotopic (exact) mass is 389 g/mol. The number of hydrogen-bond acceptors (Lipinski definition) is 3. The summed E-state index contributed by atoms with van der Waals surface area (Å²) in [5, 5.41) is 1.06. The van der Waals surface area contributed by atoms with Gasteiger partial charge in [-0.2, -0.15) is 0 Å². The average molecular weight is 389 g/mol. The molecule has 1 N–H and O–H groups in total. The topological polar surface area (TPSA) is 65.6 Å². The van der Waals surface area contributed by atoms with Crippen molar-refractivity contribution >= 4 is 22.8 Å². The second kappa shape index (κ2) is 6.37. The first-order chi connectivity index (χ1) is 14.0. The molecule has 3 aromatic rings. The van der Waals surface area contributed by atoms with Gasteiger partial charge < -0.3 is 14.6 Å². The zero-order chi connectivity index (χ0) is 20.2. The number of rotatable bonds is 4. The summed E-state index contributed by atoms with van der Waals surface area (Å²) >= 11 is 0. The van der Waals surface area contributed by atoms with Crippen LogP contribution in [0.15, 0.2) is 48.5 Å². The van der Waals surface area contributed by atoms with Gasteiger partial charge in [-0.05, 0) is 49.1 Å². The zero-order valence-corrected chi connectivity index (χ0v) is 16.6. The van der Waals surface area contributed by atoms with E-state index in [9.17, 15) is 9.59 Å². The van der Waals surface area contributed by atoms with Crippen LogP contribution in [0.2, 0.25) is 0 Å². The highest BCUT2D eigenvalue weighted by molar-refractivity contribution is 6.08. The molecule has 0 unspecified atom stereocenters. The third-order valence-electron chi connectivity index (χ3n) is 6.32. The number of amides is 3. The number of urea groups is 1. The maximum atomic E-state index is 13.5. The number of ether oxygens (including phenoxy) is 1. The van der Waals surface area contributed by atoms with Gasteiger partial charge in [0.05, 0.1) is 12.8 Å². The number of H-pyrrole nitrogens is 1. The molecular formula is C23H23N3O3. The smallest absolute Gasteiger partial charge is 0.328 e. The normalized spacial score (nSPS) is 20.9. The van der Waals surface area contributed by atoms with Crippen molar-refractivity contribution in [1.29, 1.82) is 0 Å². The Labute approximate surface area is 169 Å². The lowest BCUT2D eigenvalue weighted by atomic mass is 9.87. The molecule has 1 fully saturated rings. The predicted molar refractivity (Wildman–Crippen MR) is 110 cm³/mol. The summed E-state index contributed by atoms with van der Waals surface area (Å²) < 4.78 is 5.37. The minimum atomic E-state index is -0.992. The highest BCUT2D eigenvalue weighted by Crippen LogP contribution is 2.44. The highest BCUT2D eigenvalue weighted by Gasteiger charge is 2.58. The van der Waals surface area contributed by atoms with Crippen molar-refractivity contribution in [1.82, 2.24) is 14.8 Å². The molecule has 0 bridgehead atoms. The summed E-state index contributed by atoms with van der Waals surface area (Å²) in [6, 6.07) is 15.6. The van der Waals surface area contributed by atoms with Crippen molar-refractivity contribution in [2.75, 3.05) is 20.2 Å². The van der Waals surface area contributed by atoms with Gasteiger partial charge in [0.15, 0.2) is 5.54 Å². The fraction of sp³-hybridized carbons (Fsp3) is 0.304. The number of nitrogens with one attached hydrogen (secondary N) is 1. The van der Waals surface area contributed by atoms with Gasteiger partial charge in [0.25, 0.3) is 5.91 Å². The molecule has 29 heavy (non-hydrogen) atoms. The van der Waals surface area contributed by atoms with Crippen LogP contribution >= 0.6 is 0 Å². The molecule has 1 atom stereocenters. The van der Waals surface area contributed by atoms with Crippen LogP contribution in [0.3, 0.4) is 0 Å². The van der Waals surface area contributed by atoms with E-state index in [1.165, 1.54) is 4.90 Å². The van der Waals surface area contributed by atoms with E-state index >= 15 is 0 Å². The van der Waals surface area contributed by atoms with Gasteiger partial charge in [0, 0.05) is 24.0 Å². The number of methoxy groups -OCH3 is 1. The summed E-state index contributed by atoms with van der Waals surface area (Å²) in [7, 11) is 1.65. The average Bonchev–Trinajstić information content (AvgIpc) is 3.21. The van der Waals surface area contributed by atoms with Crippen LogP contribution in [0.4, 0.5) is 4.79 Å². The molecule has 3 amide bonds. The molecule has 6 heteroatoms. The lowest BCUT2D eigenvalue weighted by Crippen LogP contribution is -2.49. The maximum absolute atomic E-state index is 13.5. The van der Waals surface area contributed by atoms with E-state index in [-0.39, 0.29) is 11.9 Å². The fourth-order valence-electron chi connectivity index (χ4n) is 4.70. The Hall–Kier alpha value is -3.28. The minimum absolute atomic E-state index is 0.155. The maximum Gasteiger partial charge on any atom is 0.328 e. The van der Waals surface area contributed by atoms with Gasteiger partial charge in [0.2, 0.25) is 0 Å². The summed E-state index contributed by atoms with van der Waals surface area (Å²) in [5.74, 6) is 0.628. The van der Waals surface area contributed by atoms with Crippen LogP contribution in [-0.4, -0.2) is 46.9 Å². The van der Waals surface area contributed by atoms with Crippen molar-refractivity contribution in [3.05, 3.63) is 65.4 Å². The van der Waals surface area contributed by atoms with E-state index in [0.29, 0.717) is 25.9 Å². The van der Waals surface area contributed by atoms with E-state index in [1.807, 2.05) is 55.5 Å². The highest BCUT2D eigenvalue weighted by atomic mass is 16.5. The Balaban J connectivity index is 1.52. The summed E-state index contributed by atoms with van der Waals surface area (Å²) in [6.45, 7) is 2.78. The van der Waals surface area contributed by atoms with E-state index in [0.717, 1.165) is 33.5 Å². The molecule has 2 aliphatic heterocycles. The Morgan fingerprint density at radius 3 is 2.69 bits per heavy atom. The molecule has 148 valence electrons. The second-order valence-electron chi connectivity index (χ2n) is 7.84. The van der Waals surface area contributed by atoms with Crippen LogP contribution in [-0.2, 0) is 23.2 Å². The molecule has 0 radical (unpaired) electrons. The molecule has 1 saturated heterocycles. The Morgan fingerprint density at radius 1 is 1.14 bits per heavy atom. The van der Waals surface area contributed by atoms with Crippen molar-refractivity contribution in [2.24, 2.45) is 0 Å². The number of aromatic amines is 1. The third kappa shape index (κ3) is 2.48. The first-order valence-electron chi connectivity index (χ1n) is 9.90. The van der Waals surface area contributed by atoms with Gasteiger partial charge >= 0.3 is 6.03 Å². The molecule has 0 spiro atoms. The van der Waals surface area contributed by atoms with Crippen LogP contribution in [0, 0.1) is 0 Å². The van der Waals surface area contributed by atoms with Crippen LogP contribution in [0.25, 0.3) is 10.9 Å². The summed E-state index contributed by atoms with van der Waals surface area (Å²) in [6.07, 6.45) is 1.36. The number of fused-ring (bicyclic) bond motifs is 5. The largest absolute Gasteiger partial charge is 0.497 e. The molecule has 0 saturated carbocycles. The van der Waals surface area contributed by atoms with Crippen molar-refractivity contribution in [3.8, 4) is 5.75 Å². The van der Waals surface area contributed by atoms with Crippen LogP contribution in [0.5, 0.6) is 5.75 Å². The van der Waals surface area contributed by atoms with Crippen molar-refractivity contribution in [2.45, 2.75) is 25.3 Å². The van der Waals surface area contributed by atoms with E-state index < -0.39 is 5.54 Å². The molecule has 5 rings (SSSR count). The molecular weight excluding hydrogens is 366 g/mol. The van der Waals surface area contributed by atoms with E-state index in [2.05, 4.69) is 4.98 Å². The standard InChI is InChI=1S/C23H23N3O3/c1-23-20-17(18-14-16(29-2)8-9-19(18)24-20)11-13-26(23)22(28)25(21(23)27)12-10-15-6-4-3-5-7-15/h3-9,14,24H,10-13H2,1-2H3/t23-/m1/s1. The lowest BCUT2D eigenvalue weighted by molar-refractivity contribution is -0.133. The first-order valence-corrected chi connectivity index (χ1v) is 9.90. The van der Waals surface area contributed by atoms with Crippen molar-refractivity contribution < 1.29 is 14.3 Å². The van der Waals surface area contributed by atoms with E-state index in [4.69, 9.17) is 4.74 Å². The number of imide groups is 1. The number of aromatic nitrogens is 1. The number of hydrogen-bond donors (Lipinski definition) is 1. The van der Waals surface area contributed by atoms with Gasteiger partial charge in [-0.3, -0.25) is 9.69 Å². The molecule has 6 nitrogen and oxygen atoms in total. The lowest BCUT2D eigenvalue weighted by Gasteiger charge is -2.36. The van der Waals surface area contributed by atoms with Crippen LogP contribution in [0.1, 0.15) is 23.7 Å². The molecule has 0 aliphatic carbocycles. The summed E-state index contributed by atoms with van der Waals surface area (Å²) in [4.78, 5) is 33.1. The molecule has 3 heterocycles. The van der Waals surface area contributed by atoms with Gasteiger partial charge in [-0.1, -0.05) is 30.3 Å². The SMILES string of the molecule is COc1ccc2[nH]c3c(c2c1)CCN1C(=O)N(CCc2ccccc2)C(=O)[C@@]31C. The fourth-order valence-corrected chi connectivity index (χ4v) is 4.70. The van der Waals surface area contributed by atoms with E-state index in [1.54, 1.807) is 12.0 Å². The minimum Gasteiger partial charge on any atom is -0.497 e. The molecule has 2 aliphatic rings. The zero-order valence-electron chi connectivity index (χ0n) is 16.6. The number of carbonyl (C=O) groups is 2. The molecule has 2 aromatic carbocycles. The number of carbonyl (C=O) groups excluding carboxylic acids is 2. The Bertz CT molecular complexity index is 1120. The second-order valence-corrected chi connectivity index (χ2v) is 7.84. The molecule has 1 aromatic heterocycles. The third-order valence-corrected chi connectivity index (χ3v) is 6.32. The number of benzene rings is 2. The Morgan fingerprint density at radius 2 is 1.93 bits per heavy atom. The number of nitrogens with zero attached hydrogens (tertiary/aromatic N) is 2. The first kappa shape index (κ1) is 17.8. The Kier molecular flexibility index (Phi) is 3.91. The van der Waals surface area contributed by atoms with Crippen molar-refractivity contribution in [3.63, 3.8) is 0 Å². The van der Waals surface area contributed by atoms with Crippen LogP contribution < -0.4 is 4.74 Å². The summed E-state index contributed by atoms with van der Waals surface area (Å²) in [5.41, 5.74) is 3.01. The van der Waals surface area contributed by atoms with Gasteiger partial charge in [0.1, 0.15) is 5.75 Å². The predicted octanol–water partition coefficient (Wildman–Crippen LogP) is 3.45. The van der Waals surface area contributed by atoms with Gasteiger partial charge in [-0.25, -0.2) is 4.79 Å². The van der Waals surface area contributed by atoms with Gasteiger partial charge in [-0.15, -0.1) is 0 Å².